The molecular formula is C19H27N3O2. The van der Waals surface area contributed by atoms with Crippen LogP contribution < -0.4 is 10.3 Å². The van der Waals surface area contributed by atoms with Crippen molar-refractivity contribution in [3.63, 3.8) is 0 Å². The molecule has 2 rings (SSSR count). The number of anilines is 1. The molecule has 0 fully saturated rings. The Morgan fingerprint density at radius 2 is 2.00 bits per heavy atom. The van der Waals surface area contributed by atoms with E-state index in [9.17, 15) is 9.59 Å². The molecular weight excluding hydrogens is 302 g/mol. The highest BCUT2D eigenvalue weighted by Gasteiger charge is 2.22. The first kappa shape index (κ1) is 18.2. The van der Waals surface area contributed by atoms with E-state index < -0.39 is 0 Å². The molecule has 1 aliphatic heterocycles. The smallest absolute Gasteiger partial charge is 0.240 e. The maximum absolute atomic E-state index is 12.5. The highest BCUT2D eigenvalue weighted by Crippen LogP contribution is 2.27. The number of benzene rings is 1. The number of hydrogen-bond acceptors (Lipinski definition) is 3. The number of aryl methyl sites for hydroxylation is 1. The van der Waals surface area contributed by atoms with E-state index in [-0.39, 0.29) is 24.7 Å². The van der Waals surface area contributed by atoms with Crippen LogP contribution in [-0.4, -0.2) is 24.1 Å². The van der Waals surface area contributed by atoms with Crippen LogP contribution in [0.25, 0.3) is 0 Å². The minimum absolute atomic E-state index is 0.00369. The van der Waals surface area contributed by atoms with E-state index in [0.717, 1.165) is 50.0 Å². The van der Waals surface area contributed by atoms with Crippen LogP contribution in [0.5, 0.6) is 0 Å². The zero-order valence-electron chi connectivity index (χ0n) is 14.7. The lowest BCUT2D eigenvalue weighted by atomic mass is 10.0. The molecule has 130 valence electrons. The largest absolute Gasteiger partial charge is 0.312 e. The maximum atomic E-state index is 12.5. The first-order chi connectivity index (χ1) is 11.6. The summed E-state index contributed by atoms with van der Waals surface area (Å²) in [4.78, 5) is 26.1. The van der Waals surface area contributed by atoms with Crippen LogP contribution in [0.15, 0.2) is 29.4 Å². The summed E-state index contributed by atoms with van der Waals surface area (Å²) in [5.41, 5.74) is 5.66. The molecule has 0 saturated carbocycles. The molecule has 2 amide bonds. The Hall–Kier alpha value is -2.17. The molecule has 0 spiro atoms. The van der Waals surface area contributed by atoms with Crippen LogP contribution >= 0.6 is 0 Å². The number of nitrogens with zero attached hydrogens (tertiary/aromatic N) is 2. The molecule has 5 heteroatoms. The summed E-state index contributed by atoms with van der Waals surface area (Å²) in [6.07, 6.45) is 5.42. The second-order valence-electron chi connectivity index (χ2n) is 6.26. The molecule has 1 heterocycles. The molecule has 0 atom stereocenters. The summed E-state index contributed by atoms with van der Waals surface area (Å²) >= 11 is 0. The van der Waals surface area contributed by atoms with Crippen molar-refractivity contribution < 1.29 is 9.59 Å². The van der Waals surface area contributed by atoms with Gasteiger partial charge in [0.05, 0.1) is 0 Å². The molecule has 5 nitrogen and oxygen atoms in total. The van der Waals surface area contributed by atoms with E-state index in [1.54, 1.807) is 0 Å². The number of para-hydroxylation sites is 1. The number of fused-ring (bicyclic) bond motifs is 1. The Morgan fingerprint density at radius 1 is 1.21 bits per heavy atom. The van der Waals surface area contributed by atoms with E-state index in [1.807, 2.05) is 30.0 Å². The summed E-state index contributed by atoms with van der Waals surface area (Å²) in [6.45, 7) is 4.76. The normalized spacial score (nSPS) is 14.2. The van der Waals surface area contributed by atoms with Gasteiger partial charge in [0.2, 0.25) is 11.8 Å². The number of rotatable bonds is 7. The van der Waals surface area contributed by atoms with Crippen LogP contribution in [0.1, 0.15) is 57.9 Å². The molecule has 1 N–H and O–H groups in total. The predicted octanol–water partition coefficient (Wildman–Crippen LogP) is 3.43. The SMILES string of the molecule is CCCCC(C)=NNC(=O)CCC(=O)N1CCCc2ccccc21. The molecule has 1 aliphatic rings. The number of carbonyl (C=O) groups excluding carboxylic acids is 2. The topological polar surface area (TPSA) is 61.8 Å². The van der Waals surface area contributed by atoms with Gasteiger partial charge in [-0.1, -0.05) is 31.5 Å². The molecule has 0 aromatic heterocycles. The third-order valence-corrected chi connectivity index (χ3v) is 4.24. The fourth-order valence-electron chi connectivity index (χ4n) is 2.85. The van der Waals surface area contributed by atoms with Gasteiger partial charge in [-0.05, 0) is 44.2 Å². The lowest BCUT2D eigenvalue weighted by Crippen LogP contribution is -2.36. The zero-order valence-corrected chi connectivity index (χ0v) is 14.7. The van der Waals surface area contributed by atoms with Gasteiger partial charge >= 0.3 is 0 Å². The number of hydrazone groups is 1. The van der Waals surface area contributed by atoms with Gasteiger partial charge in [-0.3, -0.25) is 9.59 Å². The van der Waals surface area contributed by atoms with Crippen molar-refractivity contribution in [2.45, 2.75) is 58.8 Å². The zero-order chi connectivity index (χ0) is 17.4. The molecule has 0 unspecified atom stereocenters. The van der Waals surface area contributed by atoms with E-state index >= 15 is 0 Å². The van der Waals surface area contributed by atoms with E-state index in [4.69, 9.17) is 0 Å². The molecule has 1 aromatic rings. The first-order valence-electron chi connectivity index (χ1n) is 8.82. The van der Waals surface area contributed by atoms with Crippen molar-refractivity contribution in [3.05, 3.63) is 29.8 Å². The fraction of sp³-hybridized carbons (Fsp3) is 0.526. The highest BCUT2D eigenvalue weighted by molar-refractivity contribution is 5.96. The van der Waals surface area contributed by atoms with Gasteiger partial charge in [-0.2, -0.15) is 5.10 Å². The lowest BCUT2D eigenvalue weighted by Gasteiger charge is -2.29. The van der Waals surface area contributed by atoms with Gasteiger partial charge in [0, 0.05) is 30.8 Å². The Labute approximate surface area is 144 Å². The van der Waals surface area contributed by atoms with Crippen molar-refractivity contribution in [3.8, 4) is 0 Å². The third-order valence-electron chi connectivity index (χ3n) is 4.24. The van der Waals surface area contributed by atoms with Crippen LogP contribution in [0.4, 0.5) is 5.69 Å². The molecule has 0 bridgehead atoms. The van der Waals surface area contributed by atoms with E-state index in [0.29, 0.717) is 0 Å². The molecule has 1 aromatic carbocycles. The average molecular weight is 329 g/mol. The van der Waals surface area contributed by atoms with Crippen molar-refractivity contribution in [1.29, 1.82) is 0 Å². The molecule has 24 heavy (non-hydrogen) atoms. The van der Waals surface area contributed by atoms with Crippen molar-refractivity contribution in [1.82, 2.24) is 5.43 Å². The lowest BCUT2D eigenvalue weighted by molar-refractivity contribution is -0.125. The Balaban J connectivity index is 1.82. The summed E-state index contributed by atoms with van der Waals surface area (Å²) in [6, 6.07) is 7.99. The minimum atomic E-state index is -0.204. The summed E-state index contributed by atoms with van der Waals surface area (Å²) in [5.74, 6) is -0.200. The van der Waals surface area contributed by atoms with Gasteiger partial charge < -0.3 is 4.90 Å². The second-order valence-corrected chi connectivity index (χ2v) is 6.26. The van der Waals surface area contributed by atoms with E-state index in [2.05, 4.69) is 23.5 Å². The van der Waals surface area contributed by atoms with Crippen LogP contribution in [0.3, 0.4) is 0 Å². The quantitative estimate of drug-likeness (QED) is 0.615. The number of unbranched alkanes of at least 4 members (excludes halogenated alkanes) is 1. The molecule has 0 radical (unpaired) electrons. The Morgan fingerprint density at radius 3 is 2.79 bits per heavy atom. The maximum Gasteiger partial charge on any atom is 0.240 e. The standard InChI is InChI=1S/C19H27N3O2/c1-3-4-8-15(2)20-21-18(23)12-13-19(24)22-14-7-10-16-9-5-6-11-17(16)22/h5-6,9,11H,3-4,7-8,10,12-14H2,1-2H3,(H,21,23). The fourth-order valence-corrected chi connectivity index (χ4v) is 2.85. The van der Waals surface area contributed by atoms with Gasteiger partial charge in [0.25, 0.3) is 0 Å². The summed E-state index contributed by atoms with van der Waals surface area (Å²) in [5, 5.41) is 4.08. The van der Waals surface area contributed by atoms with Gasteiger partial charge in [0.15, 0.2) is 0 Å². The highest BCUT2D eigenvalue weighted by atomic mass is 16.2. The Kier molecular flexibility index (Phi) is 6.97. The monoisotopic (exact) mass is 329 g/mol. The number of hydrogen-bond donors (Lipinski definition) is 1. The predicted molar refractivity (Wildman–Crippen MR) is 97.1 cm³/mol. The summed E-state index contributed by atoms with van der Waals surface area (Å²) < 4.78 is 0. The van der Waals surface area contributed by atoms with Crippen LogP contribution in [0.2, 0.25) is 0 Å². The summed E-state index contributed by atoms with van der Waals surface area (Å²) in [7, 11) is 0. The average Bonchev–Trinajstić information content (AvgIpc) is 2.62. The van der Waals surface area contributed by atoms with Gasteiger partial charge in [-0.15, -0.1) is 0 Å². The van der Waals surface area contributed by atoms with Crippen LogP contribution in [0, 0.1) is 0 Å². The second kappa shape index (κ2) is 9.21. The third kappa shape index (κ3) is 5.18. The number of nitrogens with one attached hydrogen (secondary N) is 1. The van der Waals surface area contributed by atoms with E-state index in [1.165, 1.54) is 5.56 Å². The van der Waals surface area contributed by atoms with Gasteiger partial charge in [-0.25, -0.2) is 5.43 Å². The van der Waals surface area contributed by atoms with Crippen LogP contribution in [-0.2, 0) is 16.0 Å². The van der Waals surface area contributed by atoms with Gasteiger partial charge in [0.1, 0.15) is 0 Å². The molecule has 0 saturated heterocycles. The number of carbonyl (C=O) groups is 2. The first-order valence-corrected chi connectivity index (χ1v) is 8.82. The van der Waals surface area contributed by atoms with Crippen molar-refractivity contribution >= 4 is 23.2 Å². The Bertz CT molecular complexity index is 610. The van der Waals surface area contributed by atoms with Crippen molar-refractivity contribution in [2.75, 3.05) is 11.4 Å². The number of amides is 2. The minimum Gasteiger partial charge on any atom is -0.312 e. The molecule has 0 aliphatic carbocycles. The van der Waals surface area contributed by atoms with Crippen molar-refractivity contribution in [2.24, 2.45) is 5.10 Å².